The summed E-state index contributed by atoms with van der Waals surface area (Å²) in [6.07, 6.45) is 11.6. The fourth-order valence-electron chi connectivity index (χ4n) is 7.35. The fraction of sp³-hybridized carbons (Fsp3) is 0.857. The molecule has 2 nitrogen and oxygen atoms in total. The maximum absolute atomic E-state index is 12.1. The summed E-state index contributed by atoms with van der Waals surface area (Å²) in [5.41, 5.74) is 1.71. The van der Waals surface area contributed by atoms with Gasteiger partial charge in [-0.05, 0) is 98.4 Å². The molecule has 4 rings (SSSR count). The summed E-state index contributed by atoms with van der Waals surface area (Å²) in [6.45, 7) is 6.65. The third-order valence-corrected chi connectivity index (χ3v) is 8.60. The van der Waals surface area contributed by atoms with E-state index in [9.17, 15) is 9.90 Å². The second-order valence-electron chi connectivity index (χ2n) is 9.45. The molecular formula is C21H32O2. The summed E-state index contributed by atoms with van der Waals surface area (Å²) in [5, 5.41) is 10.1. The smallest absolute Gasteiger partial charge is 0.156 e. The lowest BCUT2D eigenvalue weighted by Gasteiger charge is -2.60. The van der Waals surface area contributed by atoms with E-state index in [1.54, 1.807) is 6.92 Å². The normalized spacial score (nSPS) is 52.2. The van der Waals surface area contributed by atoms with E-state index in [1.807, 2.05) is 0 Å². The van der Waals surface area contributed by atoms with Crippen molar-refractivity contribution in [3.05, 3.63) is 11.6 Å². The number of rotatable bonds is 1. The standard InChI is InChI=1S/C21H32O2/c1-13(22)17-6-7-18-16-5-4-14-12-15(23)8-10-20(14,2)19(16)9-11-21(17,18)3/h6,14-16,18-19,23H,4-5,7-12H2,1-3H3/t14?,15?,16-,18-,19-,20-,21+/m0/s1. The van der Waals surface area contributed by atoms with Crippen molar-refractivity contribution in [3.8, 4) is 0 Å². The Labute approximate surface area is 140 Å². The molecular weight excluding hydrogens is 284 g/mol. The Balaban J connectivity index is 1.62. The highest BCUT2D eigenvalue weighted by molar-refractivity contribution is 5.95. The Morgan fingerprint density at radius 1 is 1.13 bits per heavy atom. The Hall–Kier alpha value is -0.630. The fourth-order valence-corrected chi connectivity index (χ4v) is 7.35. The van der Waals surface area contributed by atoms with Gasteiger partial charge in [0.25, 0.3) is 0 Å². The highest BCUT2D eigenvalue weighted by Gasteiger charge is 2.58. The quantitative estimate of drug-likeness (QED) is 0.772. The van der Waals surface area contributed by atoms with Crippen LogP contribution in [0.15, 0.2) is 11.6 Å². The van der Waals surface area contributed by atoms with E-state index < -0.39 is 0 Å². The van der Waals surface area contributed by atoms with Gasteiger partial charge in [-0.2, -0.15) is 0 Å². The maximum atomic E-state index is 12.1. The lowest BCUT2D eigenvalue weighted by molar-refractivity contribution is -0.124. The second-order valence-corrected chi connectivity index (χ2v) is 9.45. The molecule has 0 heterocycles. The zero-order chi connectivity index (χ0) is 16.4. The Kier molecular flexibility index (Phi) is 3.58. The van der Waals surface area contributed by atoms with Crippen LogP contribution in [0.1, 0.15) is 72.1 Å². The number of fused-ring (bicyclic) bond motifs is 5. The van der Waals surface area contributed by atoms with Crippen LogP contribution < -0.4 is 0 Å². The van der Waals surface area contributed by atoms with E-state index in [0.717, 1.165) is 42.6 Å². The molecule has 0 aliphatic heterocycles. The van der Waals surface area contributed by atoms with Crippen LogP contribution in [0.3, 0.4) is 0 Å². The van der Waals surface area contributed by atoms with E-state index in [0.29, 0.717) is 17.1 Å². The average molecular weight is 316 g/mol. The van der Waals surface area contributed by atoms with Crippen LogP contribution in [0.25, 0.3) is 0 Å². The number of hydrogen-bond acceptors (Lipinski definition) is 2. The zero-order valence-electron chi connectivity index (χ0n) is 15.0. The van der Waals surface area contributed by atoms with Gasteiger partial charge in [0.2, 0.25) is 0 Å². The summed E-state index contributed by atoms with van der Waals surface area (Å²) >= 11 is 0. The van der Waals surface area contributed by atoms with Crippen LogP contribution in [0.5, 0.6) is 0 Å². The van der Waals surface area contributed by atoms with Crippen molar-refractivity contribution in [2.45, 2.75) is 78.2 Å². The molecule has 0 bridgehead atoms. The first-order valence-electron chi connectivity index (χ1n) is 9.76. The number of ketones is 1. The molecule has 0 aromatic heterocycles. The summed E-state index contributed by atoms with van der Waals surface area (Å²) in [5.74, 6) is 3.31. The molecule has 0 saturated heterocycles. The molecule has 2 heteroatoms. The van der Waals surface area contributed by atoms with Crippen molar-refractivity contribution in [2.75, 3.05) is 0 Å². The molecule has 2 unspecified atom stereocenters. The molecule has 128 valence electrons. The first-order chi connectivity index (χ1) is 10.9. The first-order valence-corrected chi connectivity index (χ1v) is 9.76. The minimum atomic E-state index is -0.0593. The molecule has 4 aliphatic carbocycles. The van der Waals surface area contributed by atoms with Gasteiger partial charge in [-0.15, -0.1) is 0 Å². The monoisotopic (exact) mass is 316 g/mol. The van der Waals surface area contributed by atoms with Crippen molar-refractivity contribution in [3.63, 3.8) is 0 Å². The van der Waals surface area contributed by atoms with Crippen LogP contribution in [-0.4, -0.2) is 17.0 Å². The third kappa shape index (κ3) is 2.13. The minimum absolute atomic E-state index is 0.0593. The van der Waals surface area contributed by atoms with Crippen LogP contribution in [0.4, 0.5) is 0 Å². The molecule has 0 aromatic rings. The van der Waals surface area contributed by atoms with E-state index in [2.05, 4.69) is 19.9 Å². The van der Waals surface area contributed by atoms with Crippen molar-refractivity contribution < 1.29 is 9.90 Å². The predicted molar refractivity (Wildman–Crippen MR) is 91.9 cm³/mol. The molecule has 1 N–H and O–H groups in total. The molecule has 0 radical (unpaired) electrons. The number of hydrogen-bond donors (Lipinski definition) is 1. The van der Waals surface area contributed by atoms with E-state index in [1.165, 1.54) is 32.1 Å². The van der Waals surface area contributed by atoms with Gasteiger partial charge in [-0.25, -0.2) is 0 Å². The summed E-state index contributed by atoms with van der Waals surface area (Å²) in [4.78, 5) is 12.1. The Morgan fingerprint density at radius 3 is 2.65 bits per heavy atom. The van der Waals surface area contributed by atoms with Crippen molar-refractivity contribution in [2.24, 2.45) is 34.5 Å². The first kappa shape index (κ1) is 15.9. The summed E-state index contributed by atoms with van der Waals surface area (Å²) < 4.78 is 0. The molecule has 0 spiro atoms. The average Bonchev–Trinajstić information content (AvgIpc) is 2.85. The molecule has 3 fully saturated rings. The largest absolute Gasteiger partial charge is 0.393 e. The van der Waals surface area contributed by atoms with Crippen LogP contribution >= 0.6 is 0 Å². The Morgan fingerprint density at radius 2 is 1.91 bits per heavy atom. The number of aliphatic hydroxyl groups excluding tert-OH is 1. The van der Waals surface area contributed by atoms with Gasteiger partial charge >= 0.3 is 0 Å². The van der Waals surface area contributed by atoms with Gasteiger partial charge in [0.05, 0.1) is 6.10 Å². The predicted octanol–water partition coefficient (Wildman–Crippen LogP) is 4.52. The second kappa shape index (κ2) is 5.18. The van der Waals surface area contributed by atoms with E-state index >= 15 is 0 Å². The highest BCUT2D eigenvalue weighted by Crippen LogP contribution is 2.66. The van der Waals surface area contributed by atoms with Gasteiger partial charge in [0.1, 0.15) is 0 Å². The van der Waals surface area contributed by atoms with Crippen LogP contribution in [0, 0.1) is 34.5 Å². The van der Waals surface area contributed by atoms with Gasteiger partial charge < -0.3 is 5.11 Å². The minimum Gasteiger partial charge on any atom is -0.393 e. The van der Waals surface area contributed by atoms with Gasteiger partial charge in [-0.1, -0.05) is 19.9 Å². The summed E-state index contributed by atoms with van der Waals surface area (Å²) in [6, 6.07) is 0. The molecule has 0 amide bonds. The molecule has 23 heavy (non-hydrogen) atoms. The van der Waals surface area contributed by atoms with Crippen molar-refractivity contribution in [1.82, 2.24) is 0 Å². The zero-order valence-corrected chi connectivity index (χ0v) is 15.0. The lowest BCUT2D eigenvalue weighted by Crippen LogP contribution is -2.53. The summed E-state index contributed by atoms with van der Waals surface area (Å²) in [7, 11) is 0. The van der Waals surface area contributed by atoms with E-state index in [4.69, 9.17) is 0 Å². The highest BCUT2D eigenvalue weighted by atomic mass is 16.3. The number of carbonyl (C=O) groups excluding carboxylic acids is 1. The van der Waals surface area contributed by atoms with Gasteiger partial charge in [0.15, 0.2) is 5.78 Å². The van der Waals surface area contributed by atoms with Crippen LogP contribution in [0.2, 0.25) is 0 Å². The van der Waals surface area contributed by atoms with Gasteiger partial charge in [-0.3, -0.25) is 4.79 Å². The number of carbonyl (C=O) groups is 1. The van der Waals surface area contributed by atoms with Crippen LogP contribution in [-0.2, 0) is 4.79 Å². The maximum Gasteiger partial charge on any atom is 0.156 e. The topological polar surface area (TPSA) is 37.3 Å². The third-order valence-electron chi connectivity index (χ3n) is 8.60. The lowest BCUT2D eigenvalue weighted by atomic mass is 9.44. The van der Waals surface area contributed by atoms with Gasteiger partial charge in [0, 0.05) is 0 Å². The molecule has 4 aliphatic rings. The number of allylic oxidation sites excluding steroid dienone is 2. The number of Topliss-reactive ketones (excluding diaryl/α,β-unsaturated/α-hetero) is 1. The number of aliphatic hydroxyl groups is 1. The van der Waals surface area contributed by atoms with E-state index in [-0.39, 0.29) is 11.5 Å². The Bertz CT molecular complexity index is 550. The van der Waals surface area contributed by atoms with Crippen molar-refractivity contribution >= 4 is 5.78 Å². The SMILES string of the molecule is CC(=O)C1=CC[C@H]2[C@@H]3CCC4CC(O)CC[C@]4(C)[C@H]3CC[C@]12C. The molecule has 7 atom stereocenters. The molecule has 3 saturated carbocycles. The molecule has 0 aromatic carbocycles. The van der Waals surface area contributed by atoms with Crippen molar-refractivity contribution in [1.29, 1.82) is 0 Å².